The van der Waals surface area contributed by atoms with Crippen molar-refractivity contribution in [2.75, 3.05) is 65.4 Å². The van der Waals surface area contributed by atoms with Crippen LogP contribution in [0.4, 0.5) is 0 Å². The highest BCUT2D eigenvalue weighted by molar-refractivity contribution is 6.02. The Labute approximate surface area is 834 Å². The molecule has 1 aromatic rings. The molecule has 808 valence electrons. The lowest BCUT2D eigenvalue weighted by Crippen LogP contribution is -2.61. The van der Waals surface area contributed by atoms with Crippen LogP contribution in [0.2, 0.25) is 0 Å². The molecule has 0 bridgehead atoms. The van der Waals surface area contributed by atoms with Gasteiger partial charge in [-0.25, -0.2) is 4.79 Å². The van der Waals surface area contributed by atoms with Gasteiger partial charge in [-0.05, 0) is 113 Å². The molecule has 1 aliphatic heterocycles. The summed E-state index contributed by atoms with van der Waals surface area (Å²) in [6, 6.07) is -13.6. The van der Waals surface area contributed by atoms with Crippen LogP contribution in [0.15, 0.2) is 30.3 Å². The molecule has 0 spiro atoms. The van der Waals surface area contributed by atoms with Gasteiger partial charge in [0.05, 0.1) is 45.7 Å². The van der Waals surface area contributed by atoms with E-state index >= 15 is 0 Å². The zero-order valence-electron chi connectivity index (χ0n) is 82.2. The number of nitrogens with two attached hydrogens (primary N) is 4. The second-order valence-corrected chi connectivity index (χ2v) is 35.3. The molecule has 0 aromatic heterocycles. The van der Waals surface area contributed by atoms with Crippen LogP contribution in [0.3, 0.4) is 0 Å². The fraction of sp³-hybridized carbons (Fsp3) is 0.621. The summed E-state index contributed by atoms with van der Waals surface area (Å²) < 4.78 is 0. The van der Waals surface area contributed by atoms with Gasteiger partial charge in [-0.2, -0.15) is 0 Å². The van der Waals surface area contributed by atoms with Crippen LogP contribution < -0.4 is 135 Å². The molecule has 1 aromatic carbocycles. The largest absolute Gasteiger partial charge is 0.481 e. The monoisotopic (exact) mass is 2060 g/mol. The van der Waals surface area contributed by atoms with E-state index in [0.29, 0.717) is 5.56 Å². The van der Waals surface area contributed by atoms with Crippen LogP contribution in [-0.2, 0) is 121 Å². The zero-order valence-corrected chi connectivity index (χ0v) is 82.2. The number of carboxylic acid groups (broad SMARTS) is 5. The van der Waals surface area contributed by atoms with Crippen molar-refractivity contribution in [1.82, 2.24) is 117 Å². The van der Waals surface area contributed by atoms with E-state index in [-0.39, 0.29) is 102 Å². The number of rotatable bonds is 68. The SMILES string of the molecule is CC(C)C[C@H](NC(=O)[C@H](Cc1ccccc1)NC(=O)[C@H](CC(=O)O)NC(=O)CNC(=O)[C@H](CCC(=O)O)NC(=O)CN)C(=O)N[C@@H](C)C(=O)N[C@@H](CCC(=O)O)C(=O)NCC(=O)NCC(=O)NCC(=O)N[C@H](C(=O)N[C@@H](CCCNC(=N)N)C(=O)NCC(=O)N1CCC[C@H]1C(=O)N[C@@H](CCCNC(=N)N)C(=O)N[C@H](C(=O)N[C@H](C(=O)N[C@@H](CCC(=O)O)C(=O)N[C@@H](CCCNC(=N)N)C(=O)O)C(C)C)C(C)C)C(C)C. The summed E-state index contributed by atoms with van der Waals surface area (Å²) in [5, 5.41) is 121. The van der Waals surface area contributed by atoms with Crippen LogP contribution in [0, 0.1) is 39.9 Å². The van der Waals surface area contributed by atoms with Gasteiger partial charge in [-0.3, -0.25) is 127 Å². The fourth-order valence-corrected chi connectivity index (χ4v) is 14.0. The van der Waals surface area contributed by atoms with Gasteiger partial charge in [0.1, 0.15) is 84.6 Å². The van der Waals surface area contributed by atoms with E-state index in [1.807, 2.05) is 0 Å². The molecule has 0 aliphatic carbocycles. The highest BCUT2D eigenvalue weighted by atomic mass is 16.4. The number of carbonyl (C=O) groups excluding carboxylic acids is 19. The zero-order chi connectivity index (χ0) is 110. The summed E-state index contributed by atoms with van der Waals surface area (Å²) in [5.74, 6) is -30.0. The number of carbonyl (C=O) groups is 24. The number of amides is 19. The molecule has 0 saturated carbocycles. The Bertz CT molecular complexity index is 4720. The number of carboxylic acids is 5. The van der Waals surface area contributed by atoms with Crippen molar-refractivity contribution < 1.29 is 141 Å². The van der Waals surface area contributed by atoms with Crippen LogP contribution in [0.1, 0.15) is 171 Å². The predicted octanol–water partition coefficient (Wildman–Crippen LogP) is -11.0. The number of guanidine groups is 3. The lowest BCUT2D eigenvalue weighted by Gasteiger charge is -2.30. The van der Waals surface area contributed by atoms with Crippen LogP contribution >= 0.6 is 0 Å². The molecular weight excluding hydrogens is 1920 g/mol. The predicted molar refractivity (Wildman–Crippen MR) is 512 cm³/mol. The van der Waals surface area contributed by atoms with Crippen LogP contribution in [-0.4, -0.2) is 340 Å². The number of benzene rings is 1. The molecule has 1 saturated heterocycles. The number of hydrogen-bond donors (Lipinski definition) is 33. The maximum atomic E-state index is 14.4. The van der Waals surface area contributed by atoms with Crippen molar-refractivity contribution in [1.29, 1.82) is 16.2 Å². The van der Waals surface area contributed by atoms with E-state index in [4.69, 9.17) is 44.3 Å². The average molecular weight is 2060 g/mol. The van der Waals surface area contributed by atoms with Gasteiger partial charge in [-0.15, -0.1) is 0 Å². The summed E-state index contributed by atoms with van der Waals surface area (Å²) in [6.45, 7) is 8.87. The third kappa shape index (κ3) is 50.5. The summed E-state index contributed by atoms with van der Waals surface area (Å²) in [5.41, 5.74) is 22.0. The maximum absolute atomic E-state index is 14.4. The summed E-state index contributed by atoms with van der Waals surface area (Å²) in [7, 11) is 0. The minimum Gasteiger partial charge on any atom is -0.481 e. The normalized spacial score (nSPS) is 14.7. The van der Waals surface area contributed by atoms with Gasteiger partial charge >= 0.3 is 29.8 Å². The maximum Gasteiger partial charge on any atom is 0.326 e. The molecule has 58 nitrogen and oxygen atoms in total. The van der Waals surface area contributed by atoms with Gasteiger partial charge in [0, 0.05) is 51.9 Å². The second-order valence-electron chi connectivity index (χ2n) is 35.3. The van der Waals surface area contributed by atoms with Crippen LogP contribution in [0.25, 0.3) is 0 Å². The van der Waals surface area contributed by atoms with Gasteiger partial charge in [0.25, 0.3) is 0 Å². The Morgan fingerprint density at radius 2 is 0.703 bits per heavy atom. The second kappa shape index (κ2) is 65.4. The molecule has 14 atom stereocenters. The first-order chi connectivity index (χ1) is 68.0. The van der Waals surface area contributed by atoms with Gasteiger partial charge in [0.15, 0.2) is 17.9 Å². The molecule has 1 heterocycles. The smallest absolute Gasteiger partial charge is 0.326 e. The Kier molecular flexibility index (Phi) is 56.5. The first-order valence-corrected chi connectivity index (χ1v) is 46.7. The molecule has 2 rings (SSSR count). The Balaban J connectivity index is 2.22. The van der Waals surface area contributed by atoms with E-state index < -0.39 is 341 Å². The van der Waals surface area contributed by atoms with Crippen molar-refractivity contribution in [2.24, 2.45) is 46.6 Å². The lowest BCUT2D eigenvalue weighted by molar-refractivity contribution is -0.143. The van der Waals surface area contributed by atoms with Crippen LogP contribution in [0.5, 0.6) is 0 Å². The minimum absolute atomic E-state index is 0.00293. The van der Waals surface area contributed by atoms with Gasteiger partial charge < -0.3 is 165 Å². The van der Waals surface area contributed by atoms with Crippen molar-refractivity contribution in [3.05, 3.63) is 35.9 Å². The number of likely N-dealkylation sites (tertiary alicyclic amines) is 1. The summed E-state index contributed by atoms with van der Waals surface area (Å²) >= 11 is 0. The molecule has 0 unspecified atom stereocenters. The lowest BCUT2D eigenvalue weighted by atomic mass is 9.98. The molecular formula is C87H141N29O29. The van der Waals surface area contributed by atoms with Crippen molar-refractivity contribution >= 4 is 160 Å². The quantitative estimate of drug-likeness (QED) is 0.0164. The molecule has 19 amide bonds. The molecule has 37 N–H and O–H groups in total. The summed E-state index contributed by atoms with van der Waals surface area (Å²) in [4.78, 5) is 320. The average Bonchev–Trinajstić information content (AvgIpc) is 1.72. The Hall–Kier alpha value is -15.7. The molecule has 58 heteroatoms. The molecule has 145 heavy (non-hydrogen) atoms. The topological polar surface area (TPSA) is 942 Å². The highest BCUT2D eigenvalue weighted by Crippen LogP contribution is 2.20. The van der Waals surface area contributed by atoms with Crippen molar-refractivity contribution in [3.8, 4) is 0 Å². The van der Waals surface area contributed by atoms with E-state index in [9.17, 15) is 135 Å². The first kappa shape index (κ1) is 125. The molecule has 0 radical (unpaired) electrons. The molecule has 1 aliphatic rings. The summed E-state index contributed by atoms with van der Waals surface area (Å²) in [6.07, 6.45) is -5.01. The van der Waals surface area contributed by atoms with E-state index in [2.05, 4.69) is 112 Å². The fourth-order valence-electron chi connectivity index (χ4n) is 14.0. The third-order valence-corrected chi connectivity index (χ3v) is 21.7. The standard InChI is InChI=1S/C87H141N29O29/c1-42(2)33-54(111-78(138)55(34-47-17-11-10-12-18-47)112-79(139)56(35-67(129)130)105-61(120)40-101-73(133)50(23-26-64(123)124)104-58(117)36-88)77(137)103-46(9)71(131)106-51(24-27-65(125)126)74(134)100-38-60(119)98-37-59(118)99-39-62(121)113-68(43(3)4)81(141)108-48(19-13-29-95-85(89)90)72(132)102-41-63(122)116-32-16-22-57(116)80(140)107-49(20-14-30-96-86(91)92)76(136)114-70(45(7)8)83(143)115-69(44(5)6)82(142)109-52(25-28-66(127)128)75(135)110-53(84(144)145)21-15-31-97-87(93)94/h10-12,17-18,42-46,48-57,68-70H,13-16,19-41,88H2,1-9H3,(H,98,119)(H,99,118)(H,100,134)(H,101,133)(H,102,132)(H,103,137)(H,104,117)(H,105,120)(H,106,131)(H,107,140)(H,108,141)(H,109,142)(H,110,135)(H,111,138)(H,112,139)(H,113,121)(H,114,136)(H,115,143)(H,123,124)(H,125,126)(H,127,128)(H,129,130)(H,144,145)(H4,89,90,95)(H4,91,92,96)(H4,93,94,97)/t46-,48-,49-,50-,51-,52-,53-,54-,55-,56-,57-,68-,69-,70-/m0/s1. The Morgan fingerprint density at radius 3 is 1.16 bits per heavy atom. The van der Waals surface area contributed by atoms with E-state index in [1.165, 1.54) is 27.7 Å². The first-order valence-electron chi connectivity index (χ1n) is 46.7. The number of aliphatic carboxylic acids is 5. The van der Waals surface area contributed by atoms with Gasteiger partial charge in [-0.1, -0.05) is 85.7 Å². The van der Waals surface area contributed by atoms with E-state index in [1.54, 1.807) is 58.0 Å². The number of nitrogens with one attached hydrogen (secondary N) is 24. The number of hydrogen-bond acceptors (Lipinski definition) is 28. The Morgan fingerprint density at radius 1 is 0.352 bits per heavy atom. The highest BCUT2D eigenvalue weighted by Gasteiger charge is 2.41. The number of nitrogens with zero attached hydrogens (tertiary/aromatic N) is 1. The minimum atomic E-state index is -1.93. The molecule has 1 fully saturated rings. The van der Waals surface area contributed by atoms with Crippen molar-refractivity contribution in [2.45, 2.75) is 256 Å². The van der Waals surface area contributed by atoms with E-state index in [0.717, 1.165) is 11.8 Å². The third-order valence-electron chi connectivity index (χ3n) is 21.7. The van der Waals surface area contributed by atoms with Crippen molar-refractivity contribution in [3.63, 3.8) is 0 Å². The van der Waals surface area contributed by atoms with Gasteiger partial charge in [0.2, 0.25) is 112 Å².